The fourth-order valence-electron chi connectivity index (χ4n) is 1.49. The number of rotatable bonds is 6. The van der Waals surface area contributed by atoms with Gasteiger partial charge in [-0.05, 0) is 24.6 Å². The number of carbonyl (C=O) groups is 1. The second kappa shape index (κ2) is 7.55. The number of hydrogen-bond acceptors (Lipinski definition) is 4. The molecule has 0 saturated carbocycles. The van der Waals surface area contributed by atoms with Gasteiger partial charge in [0, 0.05) is 5.75 Å². The van der Waals surface area contributed by atoms with Crippen LogP contribution < -0.4 is 5.43 Å². The summed E-state index contributed by atoms with van der Waals surface area (Å²) in [6, 6.07) is 13.6. The van der Waals surface area contributed by atoms with Crippen molar-refractivity contribution < 1.29 is 9.21 Å². The molecule has 0 unspecified atom stereocenters. The van der Waals surface area contributed by atoms with Crippen molar-refractivity contribution in [2.24, 2.45) is 5.10 Å². The lowest BCUT2D eigenvalue weighted by atomic mass is 10.2. The summed E-state index contributed by atoms with van der Waals surface area (Å²) in [5.41, 5.74) is 3.71. The average Bonchev–Trinajstić information content (AvgIpc) is 2.99. The van der Waals surface area contributed by atoms with Crippen LogP contribution in [0.4, 0.5) is 0 Å². The van der Waals surface area contributed by atoms with Crippen molar-refractivity contribution in [3.63, 3.8) is 0 Å². The van der Waals surface area contributed by atoms with Crippen LogP contribution in [0, 0.1) is 0 Å². The van der Waals surface area contributed by atoms with E-state index in [4.69, 9.17) is 4.42 Å². The van der Waals surface area contributed by atoms with Crippen LogP contribution in [0.25, 0.3) is 0 Å². The monoisotopic (exact) mass is 288 g/mol. The van der Waals surface area contributed by atoms with E-state index < -0.39 is 0 Å². The van der Waals surface area contributed by atoms with Crippen LogP contribution in [0.5, 0.6) is 0 Å². The van der Waals surface area contributed by atoms with Crippen molar-refractivity contribution in [1.29, 1.82) is 0 Å². The van der Waals surface area contributed by atoms with E-state index in [2.05, 4.69) is 10.5 Å². The number of benzene rings is 1. The van der Waals surface area contributed by atoms with E-state index in [0.29, 0.717) is 5.76 Å². The average molecular weight is 288 g/mol. The van der Waals surface area contributed by atoms with Crippen molar-refractivity contribution >= 4 is 23.9 Å². The first-order chi connectivity index (χ1) is 9.75. The molecular weight excluding hydrogens is 272 g/mol. The minimum atomic E-state index is -0.163. The minimum Gasteiger partial charge on any atom is -0.463 e. The zero-order valence-corrected chi connectivity index (χ0v) is 12.0. The molecule has 0 spiro atoms. The summed E-state index contributed by atoms with van der Waals surface area (Å²) in [5, 5.41) is 3.70. The Morgan fingerprint density at radius 2 is 2.15 bits per heavy atom. The molecule has 1 amide bonds. The lowest BCUT2D eigenvalue weighted by molar-refractivity contribution is -0.120. The minimum absolute atomic E-state index is 0.117. The predicted molar refractivity (Wildman–Crippen MR) is 81.6 cm³/mol. The number of amides is 1. The summed E-state index contributed by atoms with van der Waals surface area (Å²) in [7, 11) is 0. The van der Waals surface area contributed by atoms with Crippen molar-refractivity contribution in [3.05, 3.63) is 60.1 Å². The zero-order valence-electron chi connectivity index (χ0n) is 11.2. The number of nitrogens with zero attached hydrogens (tertiary/aromatic N) is 1. The Bertz CT molecular complexity index is 553. The van der Waals surface area contributed by atoms with Crippen LogP contribution in [-0.2, 0) is 10.5 Å². The molecule has 0 aliphatic rings. The molecule has 1 N–H and O–H groups in total. The molecular formula is C15H16N2O2S. The van der Waals surface area contributed by atoms with E-state index in [1.807, 2.05) is 37.3 Å². The summed E-state index contributed by atoms with van der Waals surface area (Å²) in [6.45, 7) is 1.87. The molecule has 4 nitrogen and oxygen atoms in total. The maximum absolute atomic E-state index is 11.8. The van der Waals surface area contributed by atoms with Crippen LogP contribution >= 0.6 is 11.8 Å². The highest BCUT2D eigenvalue weighted by Crippen LogP contribution is 2.17. The molecule has 1 aromatic carbocycles. The van der Waals surface area contributed by atoms with Gasteiger partial charge >= 0.3 is 0 Å². The van der Waals surface area contributed by atoms with E-state index in [1.165, 1.54) is 11.8 Å². The molecule has 1 aromatic heterocycles. The van der Waals surface area contributed by atoms with Gasteiger partial charge in [-0.1, -0.05) is 30.3 Å². The first kappa shape index (κ1) is 14.4. The van der Waals surface area contributed by atoms with E-state index in [9.17, 15) is 4.79 Å². The molecule has 0 saturated heterocycles. The molecule has 5 heteroatoms. The Morgan fingerprint density at radius 3 is 2.85 bits per heavy atom. The van der Waals surface area contributed by atoms with Gasteiger partial charge in [-0.2, -0.15) is 5.10 Å². The largest absolute Gasteiger partial charge is 0.463 e. The van der Waals surface area contributed by atoms with Crippen LogP contribution in [0.3, 0.4) is 0 Å². The van der Waals surface area contributed by atoms with Gasteiger partial charge < -0.3 is 4.42 Å². The molecule has 1 heterocycles. The number of hydrazone groups is 1. The summed E-state index contributed by atoms with van der Waals surface area (Å²) >= 11 is 1.58. The van der Waals surface area contributed by atoms with Crippen LogP contribution in [0.1, 0.15) is 18.2 Å². The summed E-state index contributed by atoms with van der Waals surface area (Å²) < 4.78 is 5.08. The Labute approximate surface area is 122 Å². The molecule has 2 rings (SSSR count). The van der Waals surface area contributed by atoms with Gasteiger partial charge in [0.15, 0.2) is 0 Å². The highest BCUT2D eigenvalue weighted by molar-refractivity contribution is 7.99. The molecule has 0 aliphatic heterocycles. The number of thioether (sulfide) groups is 1. The Hall–Kier alpha value is -2.01. The summed E-state index contributed by atoms with van der Waals surface area (Å²) in [4.78, 5) is 11.8. The number of carbonyl (C=O) groups excluding carboxylic acids is 1. The fourth-order valence-corrected chi connectivity index (χ4v) is 2.33. The van der Waals surface area contributed by atoms with Crippen molar-refractivity contribution in [2.75, 3.05) is 0 Å². The molecule has 0 fully saturated rings. The number of nitrogens with one attached hydrogen (secondary N) is 1. The predicted octanol–water partition coefficient (Wildman–Crippen LogP) is 3.05. The summed E-state index contributed by atoms with van der Waals surface area (Å²) in [6.07, 6.45) is 3.04. The maximum Gasteiger partial charge on any atom is 0.252 e. The standard InChI is InChI=1S/C15H16N2O2S/c1-12(20-11-13-6-3-2-4-7-13)15(18)17-16-10-14-8-5-9-19-14/h2-10,12H,11H2,1H3,(H,17,18)/b16-10-/t12-/m1/s1. The third-order valence-electron chi connectivity index (χ3n) is 2.62. The SMILES string of the molecule is C[C@@H](SCc1ccccc1)C(=O)N/N=C\c1ccco1. The van der Waals surface area contributed by atoms with Crippen LogP contribution in [0.15, 0.2) is 58.2 Å². The quantitative estimate of drug-likeness (QED) is 0.656. The number of furan rings is 1. The Balaban J connectivity index is 1.74. The van der Waals surface area contributed by atoms with Gasteiger partial charge in [-0.15, -0.1) is 11.8 Å². The molecule has 104 valence electrons. The third kappa shape index (κ3) is 4.59. The third-order valence-corrected chi connectivity index (χ3v) is 3.84. The number of hydrogen-bond donors (Lipinski definition) is 1. The normalized spacial score (nSPS) is 12.4. The van der Waals surface area contributed by atoms with Crippen LogP contribution in [-0.4, -0.2) is 17.4 Å². The first-order valence-corrected chi connectivity index (χ1v) is 7.32. The lowest BCUT2D eigenvalue weighted by Crippen LogP contribution is -2.26. The van der Waals surface area contributed by atoms with E-state index in [1.54, 1.807) is 30.2 Å². The highest BCUT2D eigenvalue weighted by atomic mass is 32.2. The molecule has 0 aliphatic carbocycles. The van der Waals surface area contributed by atoms with Gasteiger partial charge in [0.2, 0.25) is 0 Å². The zero-order chi connectivity index (χ0) is 14.2. The maximum atomic E-state index is 11.8. The van der Waals surface area contributed by atoms with Crippen molar-refractivity contribution in [3.8, 4) is 0 Å². The van der Waals surface area contributed by atoms with E-state index >= 15 is 0 Å². The molecule has 20 heavy (non-hydrogen) atoms. The molecule has 2 aromatic rings. The van der Waals surface area contributed by atoms with Crippen LogP contribution in [0.2, 0.25) is 0 Å². The van der Waals surface area contributed by atoms with Gasteiger partial charge in [-0.3, -0.25) is 4.79 Å². The van der Waals surface area contributed by atoms with Gasteiger partial charge in [-0.25, -0.2) is 5.43 Å². The van der Waals surface area contributed by atoms with Gasteiger partial charge in [0.1, 0.15) is 5.76 Å². The lowest BCUT2D eigenvalue weighted by Gasteiger charge is -2.09. The fraction of sp³-hybridized carbons (Fsp3) is 0.200. The van der Waals surface area contributed by atoms with E-state index in [-0.39, 0.29) is 11.2 Å². The molecule has 0 radical (unpaired) electrons. The Kier molecular flexibility index (Phi) is 5.43. The van der Waals surface area contributed by atoms with Crippen molar-refractivity contribution in [1.82, 2.24) is 5.43 Å². The summed E-state index contributed by atoms with van der Waals surface area (Å²) in [5.74, 6) is 1.29. The first-order valence-electron chi connectivity index (χ1n) is 6.27. The topological polar surface area (TPSA) is 54.6 Å². The second-order valence-corrected chi connectivity index (χ2v) is 5.52. The molecule has 0 bridgehead atoms. The van der Waals surface area contributed by atoms with Gasteiger partial charge in [0.05, 0.1) is 17.7 Å². The Morgan fingerprint density at radius 1 is 1.35 bits per heavy atom. The highest BCUT2D eigenvalue weighted by Gasteiger charge is 2.12. The second-order valence-electron chi connectivity index (χ2n) is 4.19. The molecule has 1 atom stereocenters. The van der Waals surface area contributed by atoms with E-state index in [0.717, 1.165) is 5.75 Å². The van der Waals surface area contributed by atoms with Crippen molar-refractivity contribution in [2.45, 2.75) is 17.9 Å². The van der Waals surface area contributed by atoms with Gasteiger partial charge in [0.25, 0.3) is 5.91 Å². The smallest absolute Gasteiger partial charge is 0.252 e.